The van der Waals surface area contributed by atoms with Gasteiger partial charge in [-0.1, -0.05) is 36.4 Å². The molecule has 0 radical (unpaired) electrons. The van der Waals surface area contributed by atoms with Crippen LogP contribution in [0.4, 0.5) is 11.4 Å². The second-order valence-corrected chi connectivity index (χ2v) is 18.4. The van der Waals surface area contributed by atoms with Crippen molar-refractivity contribution in [2.24, 2.45) is 0 Å². The third-order valence-electron chi connectivity index (χ3n) is 9.49. The van der Waals surface area contributed by atoms with Crippen molar-refractivity contribution >= 4 is 87.9 Å². The molecule has 0 spiro atoms. The maximum Gasteiger partial charge on any atom is 0.266 e. The summed E-state index contributed by atoms with van der Waals surface area (Å²) in [6.07, 6.45) is 0. The highest BCUT2D eigenvalue weighted by Crippen LogP contribution is 2.39. The van der Waals surface area contributed by atoms with Crippen LogP contribution >= 0.6 is 34.4 Å². The number of thiophene rings is 2. The zero-order valence-corrected chi connectivity index (χ0v) is 32.1. The minimum absolute atomic E-state index is 0.00228. The van der Waals surface area contributed by atoms with Gasteiger partial charge in [0.1, 0.15) is 24.7 Å². The van der Waals surface area contributed by atoms with E-state index < -0.39 is 15.1 Å². The Morgan fingerprint density at radius 1 is 0.692 bits per heavy atom. The van der Waals surface area contributed by atoms with Crippen molar-refractivity contribution in [3.63, 3.8) is 0 Å². The van der Waals surface area contributed by atoms with Crippen molar-refractivity contribution in [3.8, 4) is 0 Å². The topological polar surface area (TPSA) is 178 Å². The number of fused-ring (bicyclic) bond motifs is 2. The predicted molar refractivity (Wildman–Crippen MR) is 208 cm³/mol. The van der Waals surface area contributed by atoms with Crippen molar-refractivity contribution in [2.45, 2.75) is 48.0 Å². The molecule has 52 heavy (non-hydrogen) atoms. The number of aromatic nitrogens is 4. The van der Waals surface area contributed by atoms with Crippen LogP contribution in [-0.4, -0.2) is 87.1 Å². The molecule has 2 aromatic carbocycles. The minimum atomic E-state index is -3.44. The number of likely N-dealkylation sites (tertiary alicyclic amines) is 2. The molecule has 16 heteroatoms. The van der Waals surface area contributed by atoms with Gasteiger partial charge in [0.2, 0.25) is 0 Å². The van der Waals surface area contributed by atoms with E-state index in [0.29, 0.717) is 31.2 Å². The Morgan fingerprint density at radius 3 is 1.62 bits per heavy atom. The quantitative estimate of drug-likeness (QED) is 0.212. The van der Waals surface area contributed by atoms with E-state index in [0.717, 1.165) is 51.2 Å². The predicted octanol–water partition coefficient (Wildman–Crippen LogP) is 5.70. The highest BCUT2D eigenvalue weighted by atomic mass is 32.2. The van der Waals surface area contributed by atoms with Crippen molar-refractivity contribution in [1.82, 2.24) is 30.2 Å². The number of sulfone groups is 1. The van der Waals surface area contributed by atoms with Gasteiger partial charge >= 0.3 is 0 Å². The molecule has 2 amide bonds. The number of hydrogen-bond donors (Lipinski definition) is 2. The number of anilines is 2. The van der Waals surface area contributed by atoms with Gasteiger partial charge in [0.05, 0.1) is 27.7 Å². The maximum absolute atomic E-state index is 12.8. The van der Waals surface area contributed by atoms with Crippen LogP contribution in [-0.2, 0) is 9.84 Å². The van der Waals surface area contributed by atoms with E-state index in [4.69, 9.17) is 11.5 Å². The van der Waals surface area contributed by atoms with Crippen LogP contribution < -0.4 is 11.5 Å². The molecule has 2 fully saturated rings. The van der Waals surface area contributed by atoms with Gasteiger partial charge in [-0.05, 0) is 63.1 Å². The summed E-state index contributed by atoms with van der Waals surface area (Å²) in [6, 6.07) is 18.6. The first-order chi connectivity index (χ1) is 24.8. The average molecular weight is 773 g/mol. The number of hydrogen-bond acceptors (Lipinski definition) is 13. The fraction of sp³-hybridized carbons (Fsp3) is 0.278. The molecule has 2 saturated heterocycles. The van der Waals surface area contributed by atoms with Gasteiger partial charge in [0.25, 0.3) is 11.8 Å². The van der Waals surface area contributed by atoms with Crippen molar-refractivity contribution in [3.05, 3.63) is 92.9 Å². The number of benzene rings is 2. The van der Waals surface area contributed by atoms with E-state index in [2.05, 4.69) is 32.5 Å². The Hall–Kier alpha value is -4.64. The molecule has 4 aromatic heterocycles. The fourth-order valence-corrected chi connectivity index (χ4v) is 11.1. The minimum Gasteiger partial charge on any atom is -0.397 e. The van der Waals surface area contributed by atoms with E-state index in [1.165, 1.54) is 32.5 Å². The molecule has 0 unspecified atom stereocenters. The molecule has 8 rings (SSSR count). The standard InChI is InChI=1S/C18H18N4O3S2.C18H18N4OS2/c1-10-11(2)20-21-17-14(10)15(19)16(26-17)18(23)22-8-13(9-22)27(24,25)12-6-4-3-5-7-12;1-10-11(2)20-21-17-14(10)15(19)16(25-17)18(23)22-8-13(9-22)24-12-6-4-3-5-7-12/h3-7,13H,8-9,19H2,1-2H3;3-7,13H,8-9,19H2,1-2H3. The van der Waals surface area contributed by atoms with Crippen LogP contribution in [0.15, 0.2) is 70.5 Å². The molecular weight excluding hydrogens is 737 g/mol. The first kappa shape index (κ1) is 35.7. The number of amides is 2. The average Bonchev–Trinajstić information content (AvgIpc) is 3.62. The first-order valence-corrected chi connectivity index (χ1v) is 20.5. The van der Waals surface area contributed by atoms with Crippen molar-refractivity contribution < 1.29 is 18.0 Å². The van der Waals surface area contributed by atoms with Gasteiger partial charge in [-0.3, -0.25) is 9.59 Å². The van der Waals surface area contributed by atoms with E-state index in [1.807, 2.05) is 62.6 Å². The van der Waals surface area contributed by atoms with E-state index >= 15 is 0 Å². The van der Waals surface area contributed by atoms with Gasteiger partial charge in [-0.15, -0.1) is 44.6 Å². The third-order valence-corrected chi connectivity index (χ3v) is 14.9. The number of carbonyl (C=O) groups is 2. The Kier molecular flexibility index (Phi) is 9.67. The summed E-state index contributed by atoms with van der Waals surface area (Å²) >= 11 is 4.36. The normalized spacial score (nSPS) is 14.9. The van der Waals surface area contributed by atoms with Gasteiger partial charge in [-0.25, -0.2) is 8.42 Å². The zero-order valence-electron chi connectivity index (χ0n) is 28.9. The Balaban J connectivity index is 0.000000162. The van der Waals surface area contributed by atoms with E-state index in [-0.39, 0.29) is 29.8 Å². The molecule has 4 N–H and O–H groups in total. The van der Waals surface area contributed by atoms with Crippen LogP contribution in [0.3, 0.4) is 0 Å². The number of nitrogens with zero attached hydrogens (tertiary/aromatic N) is 6. The van der Waals surface area contributed by atoms with Gasteiger partial charge in [0.15, 0.2) is 9.84 Å². The van der Waals surface area contributed by atoms with Gasteiger partial charge in [-0.2, -0.15) is 10.2 Å². The monoisotopic (exact) mass is 772 g/mol. The van der Waals surface area contributed by atoms with E-state index in [9.17, 15) is 18.0 Å². The molecular formula is C36H36N8O4S4. The molecule has 0 bridgehead atoms. The largest absolute Gasteiger partial charge is 0.397 e. The number of rotatable bonds is 6. The molecule has 0 saturated carbocycles. The van der Waals surface area contributed by atoms with Crippen LogP contribution in [0.5, 0.6) is 0 Å². The highest BCUT2D eigenvalue weighted by molar-refractivity contribution is 8.00. The van der Waals surface area contributed by atoms with E-state index in [1.54, 1.807) is 30.3 Å². The van der Waals surface area contributed by atoms with Crippen LogP contribution in [0.25, 0.3) is 20.4 Å². The van der Waals surface area contributed by atoms with Crippen LogP contribution in [0.1, 0.15) is 41.9 Å². The molecule has 6 aromatic rings. The van der Waals surface area contributed by atoms with Gasteiger partial charge < -0.3 is 21.3 Å². The zero-order chi connectivity index (χ0) is 36.9. The molecule has 268 valence electrons. The Labute approximate surface area is 313 Å². The highest BCUT2D eigenvalue weighted by Gasteiger charge is 2.42. The molecule has 12 nitrogen and oxygen atoms in total. The molecule has 2 aliphatic heterocycles. The second kappa shape index (κ2) is 14.1. The Bertz CT molecular complexity index is 2440. The van der Waals surface area contributed by atoms with Gasteiger partial charge in [0, 0.05) is 47.1 Å². The number of aryl methyl sites for hydroxylation is 4. The lowest BCUT2D eigenvalue weighted by atomic mass is 10.1. The lowest BCUT2D eigenvalue weighted by molar-refractivity contribution is 0.0659. The smallest absolute Gasteiger partial charge is 0.266 e. The number of carbonyl (C=O) groups excluding carboxylic acids is 2. The SMILES string of the molecule is Cc1nnc2sc(C(=O)N3CC(S(=O)(=O)c4ccccc4)C3)c(N)c2c1C.Cc1nnc2sc(C(=O)N3CC(Sc4ccccc4)C3)c(N)c2c1C. The summed E-state index contributed by atoms with van der Waals surface area (Å²) in [4.78, 5) is 32.9. The molecule has 6 heterocycles. The van der Waals surface area contributed by atoms with Crippen molar-refractivity contribution in [1.29, 1.82) is 0 Å². The van der Waals surface area contributed by atoms with Crippen LogP contribution in [0.2, 0.25) is 0 Å². The second-order valence-electron chi connectivity index (χ2n) is 12.8. The number of nitrogen functional groups attached to an aromatic ring is 2. The summed E-state index contributed by atoms with van der Waals surface area (Å²) < 4.78 is 25.3. The number of nitrogens with two attached hydrogens (primary N) is 2. The summed E-state index contributed by atoms with van der Waals surface area (Å²) in [6.45, 7) is 9.43. The third kappa shape index (κ3) is 6.48. The number of thioether (sulfide) groups is 1. The maximum atomic E-state index is 12.8. The molecule has 0 atom stereocenters. The lowest BCUT2D eigenvalue weighted by Crippen LogP contribution is -2.56. The lowest BCUT2D eigenvalue weighted by Gasteiger charge is -2.38. The fourth-order valence-electron chi connectivity index (χ4n) is 6.06. The summed E-state index contributed by atoms with van der Waals surface area (Å²) in [5.41, 5.74) is 16.9. The first-order valence-electron chi connectivity index (χ1n) is 16.5. The Morgan fingerprint density at radius 2 is 1.13 bits per heavy atom. The summed E-state index contributed by atoms with van der Waals surface area (Å²) in [7, 11) is -3.44. The van der Waals surface area contributed by atoms with Crippen molar-refractivity contribution in [2.75, 3.05) is 37.6 Å². The summed E-state index contributed by atoms with van der Waals surface area (Å²) in [5, 5.41) is 18.0. The van der Waals surface area contributed by atoms with Crippen LogP contribution in [0, 0.1) is 27.7 Å². The summed E-state index contributed by atoms with van der Waals surface area (Å²) in [5.74, 6) is -0.255. The molecule has 2 aliphatic rings. The molecule has 0 aliphatic carbocycles.